The smallest absolute Gasteiger partial charge is 0.123 e. The molecule has 1 atom stereocenters. The van der Waals surface area contributed by atoms with E-state index in [1.165, 1.54) is 12.0 Å². The first-order valence-electron chi connectivity index (χ1n) is 7.26. The summed E-state index contributed by atoms with van der Waals surface area (Å²) in [6.45, 7) is 3.07. The molecule has 1 aromatic carbocycles. The largest absolute Gasteiger partial charge is 0.496 e. The van der Waals surface area contributed by atoms with Crippen molar-refractivity contribution in [3.63, 3.8) is 0 Å². The normalized spacial score (nSPS) is 18.4. The van der Waals surface area contributed by atoms with Gasteiger partial charge in [0.2, 0.25) is 0 Å². The number of methoxy groups -OCH3 is 2. The topological polar surface area (TPSA) is 30.5 Å². The summed E-state index contributed by atoms with van der Waals surface area (Å²) in [6, 6.07) is 6.44. The third-order valence-corrected chi connectivity index (χ3v) is 4.78. The van der Waals surface area contributed by atoms with E-state index in [0.717, 1.165) is 36.0 Å². The van der Waals surface area contributed by atoms with Crippen LogP contribution in [-0.2, 0) is 4.74 Å². The molecule has 1 aliphatic rings. The molecule has 2 rings (SSSR count). The first-order chi connectivity index (χ1) is 9.64. The third-order valence-electron chi connectivity index (χ3n) is 4.29. The Morgan fingerprint density at radius 1 is 1.35 bits per heavy atom. The van der Waals surface area contributed by atoms with Crippen molar-refractivity contribution in [3.05, 3.63) is 28.2 Å². The lowest BCUT2D eigenvalue weighted by Gasteiger charge is -2.43. The van der Waals surface area contributed by atoms with E-state index in [2.05, 4.69) is 34.2 Å². The quantitative estimate of drug-likeness (QED) is 0.810. The van der Waals surface area contributed by atoms with Gasteiger partial charge in [0.1, 0.15) is 5.75 Å². The SMILES string of the molecule is CCNC(CC1(OC)CCC1)c1cc(Br)ccc1OC. The van der Waals surface area contributed by atoms with Crippen LogP contribution in [0.1, 0.15) is 44.2 Å². The zero-order valence-corrected chi connectivity index (χ0v) is 14.1. The molecule has 0 heterocycles. The second kappa shape index (κ2) is 6.92. The van der Waals surface area contributed by atoms with Gasteiger partial charge in [0.25, 0.3) is 0 Å². The fourth-order valence-electron chi connectivity index (χ4n) is 2.95. The molecular formula is C16H24BrNO2. The van der Waals surface area contributed by atoms with E-state index in [0.29, 0.717) is 0 Å². The van der Waals surface area contributed by atoms with Crippen molar-refractivity contribution in [1.82, 2.24) is 5.32 Å². The van der Waals surface area contributed by atoms with E-state index < -0.39 is 0 Å². The Labute approximate surface area is 130 Å². The van der Waals surface area contributed by atoms with Gasteiger partial charge in [-0.05, 0) is 50.4 Å². The average Bonchev–Trinajstić information content (AvgIpc) is 2.41. The highest BCUT2D eigenvalue weighted by atomic mass is 79.9. The second-order valence-corrected chi connectivity index (χ2v) is 6.36. The van der Waals surface area contributed by atoms with E-state index >= 15 is 0 Å². The first-order valence-corrected chi connectivity index (χ1v) is 8.05. The Morgan fingerprint density at radius 3 is 2.60 bits per heavy atom. The van der Waals surface area contributed by atoms with Gasteiger partial charge < -0.3 is 14.8 Å². The summed E-state index contributed by atoms with van der Waals surface area (Å²) in [6.07, 6.45) is 4.57. The summed E-state index contributed by atoms with van der Waals surface area (Å²) in [5.41, 5.74) is 1.24. The Morgan fingerprint density at radius 2 is 2.10 bits per heavy atom. The minimum absolute atomic E-state index is 0.0418. The zero-order valence-electron chi connectivity index (χ0n) is 12.5. The number of benzene rings is 1. The molecule has 4 heteroatoms. The molecule has 1 aliphatic carbocycles. The maximum Gasteiger partial charge on any atom is 0.123 e. The lowest BCUT2D eigenvalue weighted by molar-refractivity contribution is -0.0838. The molecule has 0 amide bonds. The Bertz CT molecular complexity index is 441. The summed E-state index contributed by atoms with van der Waals surface area (Å²) >= 11 is 3.56. The summed E-state index contributed by atoms with van der Waals surface area (Å²) in [5.74, 6) is 0.935. The molecular weight excluding hydrogens is 318 g/mol. The Hall–Kier alpha value is -0.580. The monoisotopic (exact) mass is 341 g/mol. The van der Waals surface area contributed by atoms with E-state index in [1.54, 1.807) is 7.11 Å². The number of hydrogen-bond donors (Lipinski definition) is 1. The van der Waals surface area contributed by atoms with Gasteiger partial charge in [0, 0.05) is 23.2 Å². The highest BCUT2D eigenvalue weighted by molar-refractivity contribution is 9.10. The molecule has 112 valence electrons. The van der Waals surface area contributed by atoms with Crippen molar-refractivity contribution < 1.29 is 9.47 Å². The molecule has 20 heavy (non-hydrogen) atoms. The highest BCUT2D eigenvalue weighted by Gasteiger charge is 2.39. The van der Waals surface area contributed by atoms with E-state index in [1.807, 2.05) is 19.2 Å². The van der Waals surface area contributed by atoms with Crippen LogP contribution in [0.4, 0.5) is 0 Å². The van der Waals surface area contributed by atoms with Gasteiger partial charge in [-0.3, -0.25) is 0 Å². The van der Waals surface area contributed by atoms with Crippen LogP contribution in [0.3, 0.4) is 0 Å². The second-order valence-electron chi connectivity index (χ2n) is 5.44. The van der Waals surface area contributed by atoms with Crippen LogP contribution < -0.4 is 10.1 Å². The van der Waals surface area contributed by atoms with Crippen LogP contribution in [0.5, 0.6) is 5.75 Å². The predicted molar refractivity (Wildman–Crippen MR) is 85.3 cm³/mol. The molecule has 1 fully saturated rings. The molecule has 1 unspecified atom stereocenters. The maximum atomic E-state index is 5.78. The summed E-state index contributed by atoms with van der Waals surface area (Å²) in [5, 5.41) is 3.58. The average molecular weight is 342 g/mol. The lowest BCUT2D eigenvalue weighted by atomic mass is 9.74. The lowest BCUT2D eigenvalue weighted by Crippen LogP contribution is -2.43. The molecule has 0 radical (unpaired) electrons. The van der Waals surface area contributed by atoms with Crippen molar-refractivity contribution in [2.75, 3.05) is 20.8 Å². The Balaban J connectivity index is 2.25. The standard InChI is InChI=1S/C16H24BrNO2/c1-4-18-14(11-16(20-3)8-5-9-16)13-10-12(17)6-7-15(13)19-2/h6-7,10,14,18H,4-5,8-9,11H2,1-3H3. The van der Waals surface area contributed by atoms with Crippen molar-refractivity contribution >= 4 is 15.9 Å². The molecule has 1 saturated carbocycles. The number of hydrogen-bond acceptors (Lipinski definition) is 3. The molecule has 0 aromatic heterocycles. The Kier molecular flexibility index (Phi) is 5.47. The van der Waals surface area contributed by atoms with Gasteiger partial charge in [0.15, 0.2) is 0 Å². The first kappa shape index (κ1) is 15.8. The number of rotatable bonds is 7. The maximum absolute atomic E-state index is 5.78. The van der Waals surface area contributed by atoms with Crippen molar-refractivity contribution in [1.29, 1.82) is 0 Å². The highest BCUT2D eigenvalue weighted by Crippen LogP contribution is 2.43. The molecule has 0 bridgehead atoms. The van der Waals surface area contributed by atoms with Crippen molar-refractivity contribution in [3.8, 4) is 5.75 Å². The molecule has 1 N–H and O–H groups in total. The summed E-state index contributed by atoms with van der Waals surface area (Å²) in [7, 11) is 3.56. The van der Waals surface area contributed by atoms with Crippen LogP contribution in [0, 0.1) is 0 Å². The van der Waals surface area contributed by atoms with Crippen LogP contribution in [0.15, 0.2) is 22.7 Å². The van der Waals surface area contributed by atoms with Crippen LogP contribution in [-0.4, -0.2) is 26.4 Å². The van der Waals surface area contributed by atoms with Gasteiger partial charge in [-0.25, -0.2) is 0 Å². The van der Waals surface area contributed by atoms with Gasteiger partial charge in [-0.2, -0.15) is 0 Å². The van der Waals surface area contributed by atoms with E-state index in [4.69, 9.17) is 9.47 Å². The van der Waals surface area contributed by atoms with Crippen molar-refractivity contribution in [2.45, 2.75) is 44.2 Å². The van der Waals surface area contributed by atoms with Crippen LogP contribution >= 0.6 is 15.9 Å². The number of ether oxygens (including phenoxy) is 2. The molecule has 3 nitrogen and oxygen atoms in total. The number of halogens is 1. The van der Waals surface area contributed by atoms with Gasteiger partial charge in [0.05, 0.1) is 12.7 Å². The predicted octanol–water partition coefficient (Wildman–Crippen LogP) is 4.07. The molecule has 1 aromatic rings. The molecule has 0 saturated heterocycles. The third kappa shape index (κ3) is 3.35. The number of nitrogens with one attached hydrogen (secondary N) is 1. The molecule has 0 aliphatic heterocycles. The van der Waals surface area contributed by atoms with Gasteiger partial charge in [-0.1, -0.05) is 22.9 Å². The zero-order chi connectivity index (χ0) is 14.6. The fourth-order valence-corrected chi connectivity index (χ4v) is 3.33. The van der Waals surface area contributed by atoms with Crippen LogP contribution in [0.25, 0.3) is 0 Å². The van der Waals surface area contributed by atoms with Crippen LogP contribution in [0.2, 0.25) is 0 Å². The van der Waals surface area contributed by atoms with Gasteiger partial charge in [-0.15, -0.1) is 0 Å². The fraction of sp³-hybridized carbons (Fsp3) is 0.625. The minimum atomic E-state index is 0.0418. The summed E-state index contributed by atoms with van der Waals surface area (Å²) in [4.78, 5) is 0. The summed E-state index contributed by atoms with van der Waals surface area (Å²) < 4.78 is 12.4. The van der Waals surface area contributed by atoms with Gasteiger partial charge >= 0.3 is 0 Å². The van der Waals surface area contributed by atoms with E-state index in [-0.39, 0.29) is 11.6 Å². The van der Waals surface area contributed by atoms with Crippen molar-refractivity contribution in [2.24, 2.45) is 0 Å². The van der Waals surface area contributed by atoms with E-state index in [9.17, 15) is 0 Å². The molecule has 0 spiro atoms. The minimum Gasteiger partial charge on any atom is -0.496 e.